The van der Waals surface area contributed by atoms with Gasteiger partial charge in [-0.05, 0) is 39.0 Å². The van der Waals surface area contributed by atoms with Gasteiger partial charge in [0.15, 0.2) is 0 Å². The van der Waals surface area contributed by atoms with Crippen molar-refractivity contribution in [2.45, 2.75) is 81.1 Å². The molecule has 7 N–H and O–H groups in total. The van der Waals surface area contributed by atoms with Crippen LogP contribution in [0.25, 0.3) is 0 Å². The molecule has 9 atom stereocenters. The van der Waals surface area contributed by atoms with Gasteiger partial charge in [-0.15, -0.1) is 24.2 Å². The van der Waals surface area contributed by atoms with E-state index in [2.05, 4.69) is 12.2 Å². The highest BCUT2D eigenvalue weighted by Crippen LogP contribution is 2.30. The van der Waals surface area contributed by atoms with Crippen LogP contribution in [0.2, 0.25) is 0 Å². The lowest BCUT2D eigenvalue weighted by molar-refractivity contribution is -0.211. The number of halogens is 1. The van der Waals surface area contributed by atoms with Crippen LogP contribution in [0.15, 0.2) is 0 Å². The number of hydrogen-bond donors (Lipinski definition) is 5. The molecule has 0 aliphatic carbocycles. The van der Waals surface area contributed by atoms with Crippen LogP contribution in [-0.4, -0.2) is 105 Å². The first-order valence-corrected chi connectivity index (χ1v) is 10.9. The normalized spacial score (nSPS) is 37.2. The van der Waals surface area contributed by atoms with E-state index in [1.54, 1.807) is 6.26 Å². The molecule has 0 aromatic heterocycles. The van der Waals surface area contributed by atoms with Gasteiger partial charge in [-0.3, -0.25) is 9.69 Å². The molecular formula is C18H37ClN2O7S. The topological polar surface area (TPSA) is 154 Å². The summed E-state index contributed by atoms with van der Waals surface area (Å²) in [5.41, 5.74) is -0.755. The average molecular weight is 461 g/mol. The zero-order valence-corrected chi connectivity index (χ0v) is 19.0. The molecule has 0 bridgehead atoms. The van der Waals surface area contributed by atoms with Crippen molar-refractivity contribution >= 4 is 30.1 Å². The van der Waals surface area contributed by atoms with Gasteiger partial charge in [0.1, 0.15) is 29.9 Å². The van der Waals surface area contributed by atoms with E-state index in [1.165, 1.54) is 18.7 Å². The summed E-state index contributed by atoms with van der Waals surface area (Å²) in [7, 11) is 1.91. The molecule has 11 heteroatoms. The number of likely N-dealkylation sites (tertiary alicyclic amines) is 1. The van der Waals surface area contributed by atoms with E-state index >= 15 is 0 Å². The average Bonchev–Trinajstić information content (AvgIpc) is 2.99. The fourth-order valence-electron chi connectivity index (χ4n) is 4.13. The lowest BCUT2D eigenvalue weighted by Gasteiger charge is -2.44. The van der Waals surface area contributed by atoms with Crippen molar-refractivity contribution in [3.05, 3.63) is 0 Å². The largest absolute Gasteiger partial charge is 0.412 e. The van der Waals surface area contributed by atoms with Crippen LogP contribution in [-0.2, 0) is 9.53 Å². The summed E-state index contributed by atoms with van der Waals surface area (Å²) in [4.78, 5) is 14.9. The summed E-state index contributed by atoms with van der Waals surface area (Å²) in [6.45, 7) is 4.48. The number of carbonyl (C=O) groups excluding carboxylic acids is 1. The second-order valence-electron chi connectivity index (χ2n) is 7.80. The Labute approximate surface area is 182 Å². The molecule has 1 amide bonds. The Balaban J connectivity index is 0.00000392. The molecule has 2 aliphatic heterocycles. The number of likely N-dealkylation sites (N-methyl/N-ethyl adjacent to an activating group) is 1. The van der Waals surface area contributed by atoms with Gasteiger partial charge in [-0.25, -0.2) is 0 Å². The first-order valence-electron chi connectivity index (χ1n) is 9.62. The van der Waals surface area contributed by atoms with E-state index in [-0.39, 0.29) is 29.8 Å². The minimum Gasteiger partial charge on any atom is -0.412 e. The smallest absolute Gasteiger partial charge is 0.237 e. The third-order valence-electron chi connectivity index (χ3n) is 5.66. The monoisotopic (exact) mass is 460 g/mol. The van der Waals surface area contributed by atoms with Gasteiger partial charge in [0.2, 0.25) is 5.91 Å². The Morgan fingerprint density at radius 1 is 1.28 bits per heavy atom. The summed E-state index contributed by atoms with van der Waals surface area (Å²) in [6, 6.07) is -1.20. The summed E-state index contributed by atoms with van der Waals surface area (Å²) >= 11 is 1.20. The van der Waals surface area contributed by atoms with Gasteiger partial charge < -0.3 is 36.0 Å². The van der Waals surface area contributed by atoms with Crippen molar-refractivity contribution in [1.29, 1.82) is 0 Å². The van der Waals surface area contributed by atoms with Crippen molar-refractivity contribution in [2.24, 2.45) is 5.92 Å². The standard InChI is InChI=1S/C18H34N2O6S.ClH.H2O/c1-5-6-10-7-11(20(3)8-10)17(25)19-12(9(2)21)16-14(23)13(22)15(24)18(26-16)27-4;;/h9-16,18,21-24H,5-8H2,1-4H3,(H,19,25);1H;1H2/t9-,10-,11+,12-,13?,14-,15-,16-,18-;;/m1../s1. The highest BCUT2D eigenvalue weighted by molar-refractivity contribution is 7.99. The molecule has 0 radical (unpaired) electrons. The molecular weight excluding hydrogens is 424 g/mol. The first kappa shape index (κ1) is 28.8. The summed E-state index contributed by atoms with van der Waals surface area (Å²) in [6.07, 6.45) is -1.50. The molecule has 0 spiro atoms. The highest BCUT2D eigenvalue weighted by atomic mass is 35.5. The molecule has 174 valence electrons. The molecule has 0 aromatic rings. The quantitative estimate of drug-likeness (QED) is 0.315. The molecule has 2 rings (SSSR count). The number of nitrogens with one attached hydrogen (secondary N) is 1. The number of ether oxygens (including phenoxy) is 1. The van der Waals surface area contributed by atoms with Gasteiger partial charge in [0.25, 0.3) is 0 Å². The van der Waals surface area contributed by atoms with Crippen molar-refractivity contribution in [1.82, 2.24) is 10.2 Å². The first-order chi connectivity index (χ1) is 12.7. The summed E-state index contributed by atoms with van der Waals surface area (Å²) < 4.78 is 5.72. The molecule has 1 unspecified atom stereocenters. The molecule has 2 heterocycles. The Bertz CT molecular complexity index is 503. The predicted octanol–water partition coefficient (Wildman–Crippen LogP) is -1.26. The van der Waals surface area contributed by atoms with Crippen LogP contribution in [0.1, 0.15) is 33.1 Å². The lowest BCUT2D eigenvalue weighted by Crippen LogP contribution is -2.65. The van der Waals surface area contributed by atoms with Crippen molar-refractivity contribution in [3.8, 4) is 0 Å². The maximum Gasteiger partial charge on any atom is 0.237 e. The summed E-state index contributed by atoms with van der Waals surface area (Å²) in [5.74, 6) is 0.245. The number of thioether (sulfide) groups is 1. The Hall–Kier alpha value is -0.170. The number of aliphatic hydroxyl groups excluding tert-OH is 4. The fourth-order valence-corrected chi connectivity index (χ4v) is 4.81. The number of aliphatic hydroxyl groups is 4. The lowest BCUT2D eigenvalue weighted by atomic mass is 9.92. The molecule has 29 heavy (non-hydrogen) atoms. The minimum absolute atomic E-state index is 0. The van der Waals surface area contributed by atoms with Crippen molar-refractivity contribution in [2.75, 3.05) is 19.8 Å². The fraction of sp³-hybridized carbons (Fsp3) is 0.944. The Morgan fingerprint density at radius 2 is 1.90 bits per heavy atom. The maximum absolute atomic E-state index is 12.8. The van der Waals surface area contributed by atoms with Crippen LogP contribution < -0.4 is 5.32 Å². The number of nitrogens with zero attached hydrogens (tertiary/aromatic N) is 1. The number of carbonyl (C=O) groups is 1. The predicted molar refractivity (Wildman–Crippen MR) is 114 cm³/mol. The number of hydrogen-bond acceptors (Lipinski definition) is 8. The van der Waals surface area contributed by atoms with E-state index in [1.807, 2.05) is 11.9 Å². The highest BCUT2D eigenvalue weighted by Gasteiger charge is 2.48. The third-order valence-corrected chi connectivity index (χ3v) is 6.51. The van der Waals surface area contributed by atoms with Gasteiger partial charge in [-0.2, -0.15) is 0 Å². The molecule has 2 fully saturated rings. The van der Waals surface area contributed by atoms with Crippen molar-refractivity contribution in [3.63, 3.8) is 0 Å². The molecule has 2 saturated heterocycles. The van der Waals surface area contributed by atoms with Crippen LogP contribution in [0, 0.1) is 5.92 Å². The van der Waals surface area contributed by atoms with Gasteiger partial charge in [0.05, 0.1) is 18.2 Å². The molecule has 9 nitrogen and oxygen atoms in total. The van der Waals surface area contributed by atoms with E-state index in [0.29, 0.717) is 5.92 Å². The Morgan fingerprint density at radius 3 is 2.41 bits per heavy atom. The molecule has 0 aromatic carbocycles. The minimum atomic E-state index is -1.42. The van der Waals surface area contributed by atoms with E-state index in [4.69, 9.17) is 4.74 Å². The molecule has 2 aliphatic rings. The van der Waals surface area contributed by atoms with Crippen LogP contribution >= 0.6 is 24.2 Å². The van der Waals surface area contributed by atoms with Gasteiger partial charge in [0, 0.05) is 6.54 Å². The number of rotatable bonds is 7. The van der Waals surface area contributed by atoms with Crippen LogP contribution in [0.3, 0.4) is 0 Å². The van der Waals surface area contributed by atoms with Gasteiger partial charge in [-0.1, -0.05) is 13.3 Å². The second-order valence-corrected chi connectivity index (χ2v) is 8.73. The van der Waals surface area contributed by atoms with E-state index in [9.17, 15) is 25.2 Å². The van der Waals surface area contributed by atoms with E-state index in [0.717, 1.165) is 25.8 Å². The van der Waals surface area contributed by atoms with Crippen LogP contribution in [0.4, 0.5) is 0 Å². The third kappa shape index (κ3) is 6.65. The van der Waals surface area contributed by atoms with Crippen molar-refractivity contribution < 1.29 is 35.4 Å². The summed E-state index contributed by atoms with van der Waals surface area (Å²) in [5, 5.41) is 43.5. The van der Waals surface area contributed by atoms with Gasteiger partial charge >= 0.3 is 0 Å². The van der Waals surface area contributed by atoms with E-state index < -0.39 is 42.0 Å². The number of amides is 1. The Kier molecular flexibility index (Phi) is 12.6. The second kappa shape index (κ2) is 12.6. The maximum atomic E-state index is 12.8. The van der Waals surface area contributed by atoms with Crippen LogP contribution in [0.5, 0.6) is 0 Å². The SMILES string of the molecule is CCC[C@@H]1C[C@@H](C(=O)N[C@@H]([C@H]2O[C@H](SC)[C@H](O)C(O)[C@H]2O)[C@@H](C)O)N(C)C1.Cl.O. The zero-order chi connectivity index (χ0) is 20.3. The molecule has 0 saturated carbocycles. The zero-order valence-electron chi connectivity index (χ0n) is 17.4.